The summed E-state index contributed by atoms with van der Waals surface area (Å²) in [4.78, 5) is 14.2. The van der Waals surface area contributed by atoms with Crippen LogP contribution in [-0.2, 0) is 4.74 Å². The summed E-state index contributed by atoms with van der Waals surface area (Å²) < 4.78 is 5.07. The minimum atomic E-state index is -0.645. The zero-order chi connectivity index (χ0) is 8.48. The van der Waals surface area contributed by atoms with Crippen LogP contribution in [0.5, 0.6) is 0 Å². The molecule has 1 aliphatic rings. The van der Waals surface area contributed by atoms with Gasteiger partial charge in [0, 0.05) is 7.11 Å². The van der Waals surface area contributed by atoms with Gasteiger partial charge in [-0.15, -0.1) is 0 Å². The summed E-state index contributed by atoms with van der Waals surface area (Å²) in [5.74, 6) is 0.226. The molecule has 0 aromatic heterocycles. The van der Waals surface area contributed by atoms with Gasteiger partial charge in [0.1, 0.15) is 11.4 Å². The molecule has 5 heteroatoms. The molecule has 0 spiro atoms. The Hall–Kier alpha value is -1.10. The predicted octanol–water partition coefficient (Wildman–Crippen LogP) is -0.528. The molecule has 3 N–H and O–H groups in total. The molecular weight excluding hydrogens is 146 g/mol. The van der Waals surface area contributed by atoms with Gasteiger partial charge < -0.3 is 15.8 Å². The minimum Gasteiger partial charge on any atom is -0.385 e. The van der Waals surface area contributed by atoms with Crippen LogP contribution in [0.25, 0.3) is 0 Å². The molecule has 1 unspecified atom stereocenters. The van der Waals surface area contributed by atoms with E-state index in [0.29, 0.717) is 6.54 Å². The Balaban J connectivity index is 2.87. The quantitative estimate of drug-likeness (QED) is 0.537. The lowest BCUT2D eigenvalue weighted by atomic mass is 10.1. The predicted molar refractivity (Wildman–Crippen MR) is 40.4 cm³/mol. The first-order valence-electron chi connectivity index (χ1n) is 3.26. The fraction of sp³-hybridized carbons (Fsp3) is 0.667. The van der Waals surface area contributed by atoms with Crippen molar-refractivity contribution >= 4 is 11.9 Å². The SMILES string of the molecule is COC1(C)CNC(=O)N=C1N. The second kappa shape index (κ2) is 2.50. The molecule has 5 nitrogen and oxygen atoms in total. The number of carbonyl (C=O) groups is 1. The highest BCUT2D eigenvalue weighted by molar-refractivity contribution is 6.00. The fourth-order valence-electron chi connectivity index (χ4n) is 0.779. The third kappa shape index (κ3) is 1.32. The van der Waals surface area contributed by atoms with Crippen LogP contribution in [0, 0.1) is 0 Å². The molecule has 0 saturated carbocycles. The van der Waals surface area contributed by atoms with Crippen LogP contribution in [-0.4, -0.2) is 31.1 Å². The smallest absolute Gasteiger partial charge is 0.342 e. The lowest BCUT2D eigenvalue weighted by Crippen LogP contribution is -2.55. The number of rotatable bonds is 1. The van der Waals surface area contributed by atoms with E-state index in [2.05, 4.69) is 10.3 Å². The van der Waals surface area contributed by atoms with Crippen molar-refractivity contribution in [2.24, 2.45) is 10.7 Å². The van der Waals surface area contributed by atoms with E-state index in [1.54, 1.807) is 6.92 Å². The monoisotopic (exact) mass is 157 g/mol. The Morgan fingerprint density at radius 1 is 1.82 bits per heavy atom. The van der Waals surface area contributed by atoms with Crippen molar-refractivity contribution in [3.05, 3.63) is 0 Å². The summed E-state index contributed by atoms with van der Waals surface area (Å²) in [6, 6.07) is -0.406. The highest BCUT2D eigenvalue weighted by atomic mass is 16.5. The van der Waals surface area contributed by atoms with E-state index in [1.807, 2.05) is 0 Å². The maximum absolute atomic E-state index is 10.6. The average Bonchev–Trinajstić information content (AvgIpc) is 1.98. The molecule has 0 aromatic carbocycles. The fourth-order valence-corrected chi connectivity index (χ4v) is 0.779. The topological polar surface area (TPSA) is 76.7 Å². The molecule has 1 atom stereocenters. The molecule has 0 fully saturated rings. The van der Waals surface area contributed by atoms with E-state index in [-0.39, 0.29) is 5.84 Å². The number of amides is 2. The zero-order valence-corrected chi connectivity index (χ0v) is 6.55. The standard InChI is InChI=1S/C6H11N3O2/c1-6(11-2)3-8-5(10)9-4(6)7/h3H2,1-2H3,(H3,7,8,9,10). The Morgan fingerprint density at radius 3 is 2.91 bits per heavy atom. The van der Waals surface area contributed by atoms with E-state index < -0.39 is 11.6 Å². The molecule has 0 saturated heterocycles. The number of carbonyl (C=O) groups excluding carboxylic acids is 1. The van der Waals surface area contributed by atoms with Crippen molar-refractivity contribution in [2.75, 3.05) is 13.7 Å². The number of nitrogens with zero attached hydrogens (tertiary/aromatic N) is 1. The Kier molecular flexibility index (Phi) is 1.82. The Morgan fingerprint density at radius 2 is 2.45 bits per heavy atom. The molecule has 1 heterocycles. The van der Waals surface area contributed by atoms with Crippen molar-refractivity contribution in [3.63, 3.8) is 0 Å². The first kappa shape index (κ1) is 8.00. The summed E-state index contributed by atoms with van der Waals surface area (Å²) in [5.41, 5.74) is 4.83. The lowest BCUT2D eigenvalue weighted by molar-refractivity contribution is 0.0642. The summed E-state index contributed by atoms with van der Waals surface area (Å²) in [7, 11) is 1.53. The average molecular weight is 157 g/mol. The molecular formula is C6H11N3O2. The van der Waals surface area contributed by atoms with Crippen LogP contribution in [0.3, 0.4) is 0 Å². The number of methoxy groups -OCH3 is 1. The highest BCUT2D eigenvalue weighted by Gasteiger charge is 2.33. The van der Waals surface area contributed by atoms with Crippen LogP contribution in [0.15, 0.2) is 4.99 Å². The van der Waals surface area contributed by atoms with Gasteiger partial charge in [-0.3, -0.25) is 0 Å². The first-order chi connectivity index (χ1) is 5.08. The Bertz CT molecular complexity index is 214. The van der Waals surface area contributed by atoms with Crippen molar-refractivity contribution in [3.8, 4) is 0 Å². The second-order valence-corrected chi connectivity index (χ2v) is 2.59. The van der Waals surface area contributed by atoms with Gasteiger partial charge in [-0.25, -0.2) is 4.79 Å². The summed E-state index contributed by atoms with van der Waals surface area (Å²) in [5, 5.41) is 2.52. The van der Waals surface area contributed by atoms with Gasteiger partial charge in [0.25, 0.3) is 0 Å². The molecule has 0 bridgehead atoms. The zero-order valence-electron chi connectivity index (χ0n) is 6.55. The molecule has 0 aliphatic carbocycles. The highest BCUT2D eigenvalue weighted by Crippen LogP contribution is 2.10. The molecule has 0 aromatic rings. The van der Waals surface area contributed by atoms with Gasteiger partial charge in [-0.1, -0.05) is 0 Å². The first-order valence-corrected chi connectivity index (χ1v) is 3.26. The van der Waals surface area contributed by atoms with Crippen LogP contribution >= 0.6 is 0 Å². The number of aliphatic imine (C=N–C) groups is 1. The van der Waals surface area contributed by atoms with E-state index in [1.165, 1.54) is 7.11 Å². The van der Waals surface area contributed by atoms with E-state index in [9.17, 15) is 4.79 Å². The number of amidine groups is 1. The van der Waals surface area contributed by atoms with Crippen molar-refractivity contribution in [1.82, 2.24) is 5.32 Å². The third-order valence-electron chi connectivity index (χ3n) is 1.79. The van der Waals surface area contributed by atoms with Crippen molar-refractivity contribution in [2.45, 2.75) is 12.5 Å². The van der Waals surface area contributed by atoms with Gasteiger partial charge in [0.15, 0.2) is 0 Å². The molecule has 1 rings (SSSR count). The number of nitrogens with two attached hydrogens (primary N) is 1. The maximum Gasteiger partial charge on any atom is 0.342 e. The molecule has 1 aliphatic heterocycles. The van der Waals surface area contributed by atoms with Crippen molar-refractivity contribution in [1.29, 1.82) is 0 Å². The molecule has 0 radical (unpaired) electrons. The number of hydrogen-bond donors (Lipinski definition) is 2. The van der Waals surface area contributed by atoms with Crippen LogP contribution in [0.4, 0.5) is 4.79 Å². The van der Waals surface area contributed by atoms with Crippen molar-refractivity contribution < 1.29 is 9.53 Å². The number of nitrogens with one attached hydrogen (secondary N) is 1. The van der Waals surface area contributed by atoms with Crippen LogP contribution < -0.4 is 11.1 Å². The van der Waals surface area contributed by atoms with Crippen LogP contribution in [0.1, 0.15) is 6.92 Å². The summed E-state index contributed by atoms with van der Waals surface area (Å²) in [6.07, 6.45) is 0. The lowest BCUT2D eigenvalue weighted by Gasteiger charge is -2.29. The summed E-state index contributed by atoms with van der Waals surface area (Å²) in [6.45, 7) is 2.14. The summed E-state index contributed by atoms with van der Waals surface area (Å²) >= 11 is 0. The van der Waals surface area contributed by atoms with Gasteiger partial charge >= 0.3 is 6.03 Å². The van der Waals surface area contributed by atoms with E-state index in [0.717, 1.165) is 0 Å². The second-order valence-electron chi connectivity index (χ2n) is 2.59. The number of hydrogen-bond acceptors (Lipinski definition) is 3. The minimum absolute atomic E-state index is 0.226. The molecule has 62 valence electrons. The van der Waals surface area contributed by atoms with Gasteiger partial charge in [0.05, 0.1) is 6.54 Å². The molecule has 2 amide bonds. The molecule has 11 heavy (non-hydrogen) atoms. The van der Waals surface area contributed by atoms with Gasteiger partial charge in [-0.05, 0) is 6.92 Å². The van der Waals surface area contributed by atoms with E-state index in [4.69, 9.17) is 10.5 Å². The van der Waals surface area contributed by atoms with Gasteiger partial charge in [-0.2, -0.15) is 4.99 Å². The Labute approximate surface area is 64.6 Å². The number of ether oxygens (including phenoxy) is 1. The normalized spacial score (nSPS) is 31.1. The maximum atomic E-state index is 10.6. The largest absolute Gasteiger partial charge is 0.385 e. The number of urea groups is 1. The van der Waals surface area contributed by atoms with Crippen LogP contribution in [0.2, 0.25) is 0 Å². The van der Waals surface area contributed by atoms with Gasteiger partial charge in [0.2, 0.25) is 0 Å². The third-order valence-corrected chi connectivity index (χ3v) is 1.79. The van der Waals surface area contributed by atoms with E-state index >= 15 is 0 Å².